The molecule has 0 amide bonds. The Morgan fingerprint density at radius 1 is 1.07 bits per heavy atom. The second-order valence-electron chi connectivity index (χ2n) is 6.28. The van der Waals surface area contributed by atoms with E-state index in [-0.39, 0.29) is 27.9 Å². The fourth-order valence-corrected chi connectivity index (χ4v) is 3.43. The molecular weight excluding hydrogens is 364 g/mol. The van der Waals surface area contributed by atoms with Crippen molar-refractivity contribution in [2.45, 2.75) is 13.3 Å². The summed E-state index contributed by atoms with van der Waals surface area (Å²) in [5, 5.41) is 0.567. The van der Waals surface area contributed by atoms with Gasteiger partial charge in [0.1, 0.15) is 33.6 Å². The number of esters is 1. The maximum atomic E-state index is 13.4. The maximum Gasteiger partial charge on any atom is 0.308 e. The molecule has 0 aliphatic carbocycles. The molecule has 0 saturated carbocycles. The Morgan fingerprint density at radius 2 is 1.86 bits per heavy atom. The molecule has 1 aromatic heterocycles. The third-order valence-corrected chi connectivity index (χ3v) is 4.59. The molecule has 28 heavy (non-hydrogen) atoms. The monoisotopic (exact) mass is 382 g/mol. The van der Waals surface area contributed by atoms with Crippen molar-refractivity contribution in [3.05, 3.63) is 46.3 Å². The lowest BCUT2D eigenvalue weighted by molar-refractivity contribution is -0.131. The van der Waals surface area contributed by atoms with Crippen LogP contribution in [0.2, 0.25) is 0 Å². The first-order valence-corrected chi connectivity index (χ1v) is 8.69. The van der Waals surface area contributed by atoms with E-state index in [1.807, 2.05) is 0 Å². The second-order valence-corrected chi connectivity index (χ2v) is 6.28. The van der Waals surface area contributed by atoms with Crippen LogP contribution in [0.25, 0.3) is 27.5 Å². The Kier molecular flexibility index (Phi) is 4.43. The van der Waals surface area contributed by atoms with Crippen LogP contribution in [0, 0.1) is 0 Å². The van der Waals surface area contributed by atoms with Crippen LogP contribution in [-0.4, -0.2) is 26.8 Å². The van der Waals surface area contributed by atoms with Crippen molar-refractivity contribution >= 4 is 33.5 Å². The van der Waals surface area contributed by atoms with Gasteiger partial charge in [0.05, 0.1) is 32.7 Å². The van der Waals surface area contributed by atoms with Gasteiger partial charge < -0.3 is 23.4 Å². The lowest BCUT2D eigenvalue weighted by Gasteiger charge is -2.15. The molecule has 0 atom stereocenters. The molecule has 1 aliphatic rings. The zero-order chi connectivity index (χ0) is 19.8. The zero-order valence-corrected chi connectivity index (χ0v) is 15.7. The summed E-state index contributed by atoms with van der Waals surface area (Å²) >= 11 is 0. The first-order chi connectivity index (χ1) is 13.5. The molecule has 4 rings (SSSR count). The number of benzene rings is 2. The Hall–Kier alpha value is -3.48. The van der Waals surface area contributed by atoms with Gasteiger partial charge in [-0.15, -0.1) is 0 Å². The quantitative estimate of drug-likeness (QED) is 0.387. The minimum atomic E-state index is -0.494. The van der Waals surface area contributed by atoms with Crippen molar-refractivity contribution in [1.29, 1.82) is 0 Å². The van der Waals surface area contributed by atoms with Crippen LogP contribution in [-0.2, 0) is 9.53 Å². The molecule has 7 nitrogen and oxygen atoms in total. The van der Waals surface area contributed by atoms with Gasteiger partial charge in [-0.2, -0.15) is 0 Å². The van der Waals surface area contributed by atoms with Crippen LogP contribution in [0.5, 0.6) is 17.2 Å². The Labute approximate surface area is 160 Å². The smallest absolute Gasteiger partial charge is 0.308 e. The molecule has 7 heteroatoms. The fraction of sp³-hybridized carbons (Fsp3) is 0.238. The summed E-state index contributed by atoms with van der Waals surface area (Å²) < 4.78 is 27.7. The molecule has 0 saturated heterocycles. The molecule has 0 spiro atoms. The second kappa shape index (κ2) is 6.92. The molecule has 3 aromatic rings. The predicted octanol–water partition coefficient (Wildman–Crippen LogP) is 3.65. The Balaban J connectivity index is 2.20. The first-order valence-electron chi connectivity index (χ1n) is 8.69. The number of carbonyl (C=O) groups is 1. The zero-order valence-electron chi connectivity index (χ0n) is 15.7. The van der Waals surface area contributed by atoms with Crippen LogP contribution >= 0.6 is 0 Å². The van der Waals surface area contributed by atoms with E-state index in [4.69, 9.17) is 23.4 Å². The highest BCUT2D eigenvalue weighted by atomic mass is 16.5. The third kappa shape index (κ3) is 2.76. The van der Waals surface area contributed by atoms with Crippen molar-refractivity contribution < 1.29 is 28.2 Å². The van der Waals surface area contributed by atoms with Crippen molar-refractivity contribution in [3.63, 3.8) is 0 Å². The van der Waals surface area contributed by atoms with Crippen molar-refractivity contribution in [3.8, 4) is 17.2 Å². The van der Waals surface area contributed by atoms with E-state index in [1.165, 1.54) is 27.2 Å². The molecule has 0 fully saturated rings. The lowest BCUT2D eigenvalue weighted by Crippen LogP contribution is -2.10. The van der Waals surface area contributed by atoms with Gasteiger partial charge in [0.2, 0.25) is 5.43 Å². The average Bonchev–Trinajstić information content (AvgIpc) is 3.20. The summed E-state index contributed by atoms with van der Waals surface area (Å²) in [5.41, 5.74) is 1.62. The molecule has 0 unspecified atom stereocenters. The van der Waals surface area contributed by atoms with Gasteiger partial charge in [0.25, 0.3) is 0 Å². The van der Waals surface area contributed by atoms with Gasteiger partial charge in [-0.25, -0.2) is 0 Å². The standard InChI is InChI=1S/C21H18O7/c1-11(22)27-16-9-15(25-3)19-20(23)18-13(24-2)5-4-6-14(18)28-21(19)17(16)12-7-8-26-10-12/h4-6,9-10H,7-8H2,1-3H3. The molecule has 144 valence electrons. The summed E-state index contributed by atoms with van der Waals surface area (Å²) in [7, 11) is 2.93. The molecule has 0 radical (unpaired) electrons. The molecule has 0 N–H and O–H groups in total. The number of hydrogen-bond donors (Lipinski definition) is 0. The van der Waals surface area contributed by atoms with E-state index in [2.05, 4.69) is 0 Å². The summed E-state index contributed by atoms with van der Waals surface area (Å²) in [6.07, 6.45) is 2.18. The number of ether oxygens (including phenoxy) is 4. The highest BCUT2D eigenvalue weighted by Crippen LogP contribution is 2.42. The largest absolute Gasteiger partial charge is 0.501 e. The summed E-state index contributed by atoms with van der Waals surface area (Å²) in [4.78, 5) is 25.0. The van der Waals surface area contributed by atoms with Gasteiger partial charge >= 0.3 is 5.97 Å². The van der Waals surface area contributed by atoms with Crippen LogP contribution in [0.4, 0.5) is 0 Å². The van der Waals surface area contributed by atoms with Crippen LogP contribution in [0.3, 0.4) is 0 Å². The Bertz CT molecular complexity index is 1190. The molecule has 2 heterocycles. The van der Waals surface area contributed by atoms with E-state index >= 15 is 0 Å². The molecule has 0 bridgehead atoms. The predicted molar refractivity (Wildman–Crippen MR) is 103 cm³/mol. The van der Waals surface area contributed by atoms with Crippen molar-refractivity contribution in [1.82, 2.24) is 0 Å². The van der Waals surface area contributed by atoms with Crippen molar-refractivity contribution in [2.75, 3.05) is 20.8 Å². The number of fused-ring (bicyclic) bond motifs is 2. The summed E-state index contributed by atoms with van der Waals surface area (Å²) in [5.74, 6) is 0.409. The van der Waals surface area contributed by atoms with Gasteiger partial charge in [-0.05, 0) is 12.1 Å². The minimum Gasteiger partial charge on any atom is -0.501 e. The highest BCUT2D eigenvalue weighted by Gasteiger charge is 2.26. The Morgan fingerprint density at radius 3 is 2.50 bits per heavy atom. The van der Waals surface area contributed by atoms with Gasteiger partial charge in [-0.1, -0.05) is 6.07 Å². The van der Waals surface area contributed by atoms with Crippen molar-refractivity contribution in [2.24, 2.45) is 0 Å². The van der Waals surface area contributed by atoms with Crippen LogP contribution in [0.1, 0.15) is 18.9 Å². The van der Waals surface area contributed by atoms with Crippen LogP contribution < -0.4 is 19.6 Å². The van der Waals surface area contributed by atoms with E-state index < -0.39 is 5.97 Å². The molecule has 2 aromatic carbocycles. The van der Waals surface area contributed by atoms with E-state index in [0.717, 1.165) is 5.57 Å². The minimum absolute atomic E-state index is 0.246. The topological polar surface area (TPSA) is 84.2 Å². The molecule has 1 aliphatic heterocycles. The first kappa shape index (κ1) is 17.9. The number of rotatable bonds is 4. The summed E-state index contributed by atoms with van der Waals surface area (Å²) in [6.45, 7) is 1.80. The van der Waals surface area contributed by atoms with E-state index in [0.29, 0.717) is 35.3 Å². The number of carbonyl (C=O) groups excluding carboxylic acids is 1. The van der Waals surface area contributed by atoms with Gasteiger partial charge in [0.15, 0.2) is 5.58 Å². The van der Waals surface area contributed by atoms with Gasteiger partial charge in [-0.3, -0.25) is 9.59 Å². The highest BCUT2D eigenvalue weighted by molar-refractivity contribution is 6.02. The summed E-state index contributed by atoms with van der Waals surface area (Å²) in [6, 6.07) is 6.64. The number of methoxy groups -OCH3 is 2. The third-order valence-electron chi connectivity index (χ3n) is 4.59. The maximum absolute atomic E-state index is 13.4. The fourth-order valence-electron chi connectivity index (χ4n) is 3.43. The lowest BCUT2D eigenvalue weighted by atomic mass is 9.99. The normalized spacial score (nSPS) is 13.3. The SMILES string of the molecule is COc1cccc2oc3c(C4=COCC4)c(OC(C)=O)cc(OC)c3c(=O)c12. The van der Waals surface area contributed by atoms with E-state index in [1.54, 1.807) is 24.5 Å². The number of hydrogen-bond acceptors (Lipinski definition) is 7. The van der Waals surface area contributed by atoms with Gasteiger partial charge in [0, 0.05) is 25.0 Å². The van der Waals surface area contributed by atoms with Crippen LogP contribution in [0.15, 0.2) is 39.7 Å². The molecular formula is C21H18O7. The van der Waals surface area contributed by atoms with E-state index in [9.17, 15) is 9.59 Å². The average molecular weight is 382 g/mol.